The molecule has 0 saturated carbocycles. The van der Waals surface area contributed by atoms with Gasteiger partial charge in [-0.1, -0.05) is 24.3 Å². The summed E-state index contributed by atoms with van der Waals surface area (Å²) in [4.78, 5) is 22.4. The summed E-state index contributed by atoms with van der Waals surface area (Å²) in [7, 11) is 0. The lowest BCUT2D eigenvalue weighted by Gasteiger charge is -2.11. The highest BCUT2D eigenvalue weighted by Gasteiger charge is 2.10. The Labute approximate surface area is 203 Å². The number of hydrazone groups is 1. The molecule has 9 nitrogen and oxygen atoms in total. The van der Waals surface area contributed by atoms with E-state index in [0.29, 0.717) is 17.9 Å². The minimum Gasteiger partial charge on any atom is -0.494 e. The first-order valence-electron chi connectivity index (χ1n) is 11.1. The molecule has 0 saturated heterocycles. The Balaban J connectivity index is 1.40. The average molecular weight is 478 g/mol. The van der Waals surface area contributed by atoms with Crippen molar-refractivity contribution in [1.29, 1.82) is 0 Å². The van der Waals surface area contributed by atoms with Gasteiger partial charge >= 0.3 is 0 Å². The second-order valence-corrected chi connectivity index (χ2v) is 7.63. The summed E-state index contributed by atoms with van der Waals surface area (Å²) >= 11 is 0. The van der Waals surface area contributed by atoms with Gasteiger partial charge in [-0.25, -0.2) is 5.43 Å². The summed E-state index contributed by atoms with van der Waals surface area (Å²) in [6.07, 6.45) is 1.14. The summed E-state index contributed by atoms with van der Waals surface area (Å²) in [5, 5.41) is 25.1. The topological polar surface area (TPSA) is 123 Å². The molecule has 0 spiro atoms. The standard InChI is InChI=1S/C26H27N3O6/c1-2-34-23-12-8-21(9-13-23)25(30)14-15-26(31)28-27-17-19-6-10-24(11-7-19)35-18-20-4-3-5-22(16-20)29(32)33/h3-13,16-17,25,30H,2,14-15,18H2,1H3,(H,28,31)/b27-17-/t25-/m1/s1. The third-order valence-corrected chi connectivity index (χ3v) is 5.03. The van der Waals surface area contributed by atoms with E-state index in [2.05, 4.69) is 10.5 Å². The lowest BCUT2D eigenvalue weighted by molar-refractivity contribution is -0.384. The minimum atomic E-state index is -0.755. The zero-order valence-electron chi connectivity index (χ0n) is 19.3. The van der Waals surface area contributed by atoms with E-state index in [-0.39, 0.29) is 31.0 Å². The fourth-order valence-corrected chi connectivity index (χ4v) is 3.20. The molecule has 0 aliphatic heterocycles. The predicted octanol–water partition coefficient (Wildman–Crippen LogP) is 4.54. The van der Waals surface area contributed by atoms with Gasteiger partial charge in [0.2, 0.25) is 5.91 Å². The number of nitrogens with zero attached hydrogens (tertiary/aromatic N) is 2. The molecule has 0 radical (unpaired) electrons. The predicted molar refractivity (Wildman–Crippen MR) is 131 cm³/mol. The Kier molecular flexibility index (Phi) is 9.32. The Morgan fingerprint density at radius 2 is 1.77 bits per heavy atom. The molecule has 0 aliphatic rings. The molecular formula is C26H27N3O6. The van der Waals surface area contributed by atoms with Gasteiger partial charge in [0.15, 0.2) is 0 Å². The molecule has 182 valence electrons. The quantitative estimate of drug-likeness (QED) is 0.224. The van der Waals surface area contributed by atoms with Crippen molar-refractivity contribution >= 4 is 17.8 Å². The number of aliphatic hydroxyl groups is 1. The molecular weight excluding hydrogens is 450 g/mol. The maximum Gasteiger partial charge on any atom is 0.269 e. The molecule has 2 N–H and O–H groups in total. The van der Waals surface area contributed by atoms with Crippen molar-refractivity contribution < 1.29 is 24.3 Å². The molecule has 35 heavy (non-hydrogen) atoms. The number of aliphatic hydroxyl groups excluding tert-OH is 1. The number of benzene rings is 3. The van der Waals surface area contributed by atoms with Crippen molar-refractivity contribution in [1.82, 2.24) is 5.43 Å². The molecule has 1 amide bonds. The Hall–Kier alpha value is -4.24. The Morgan fingerprint density at radius 1 is 1.09 bits per heavy atom. The zero-order valence-corrected chi connectivity index (χ0v) is 19.3. The number of ether oxygens (including phenoxy) is 2. The third kappa shape index (κ3) is 8.24. The molecule has 3 aromatic carbocycles. The fourth-order valence-electron chi connectivity index (χ4n) is 3.20. The van der Waals surface area contributed by atoms with Crippen LogP contribution in [0.4, 0.5) is 5.69 Å². The van der Waals surface area contributed by atoms with Gasteiger partial charge in [0, 0.05) is 18.6 Å². The van der Waals surface area contributed by atoms with Crippen molar-refractivity contribution in [3.8, 4) is 11.5 Å². The van der Waals surface area contributed by atoms with Gasteiger partial charge in [0.05, 0.1) is 23.8 Å². The number of rotatable bonds is 12. The van der Waals surface area contributed by atoms with E-state index in [1.165, 1.54) is 18.3 Å². The van der Waals surface area contributed by atoms with E-state index in [1.54, 1.807) is 60.7 Å². The average Bonchev–Trinajstić information content (AvgIpc) is 2.87. The van der Waals surface area contributed by atoms with Crippen LogP contribution in [0.2, 0.25) is 0 Å². The highest BCUT2D eigenvalue weighted by molar-refractivity contribution is 5.82. The smallest absolute Gasteiger partial charge is 0.269 e. The fraction of sp³-hybridized carbons (Fsp3) is 0.231. The molecule has 0 aromatic heterocycles. The maximum absolute atomic E-state index is 12.0. The highest BCUT2D eigenvalue weighted by Crippen LogP contribution is 2.21. The summed E-state index contributed by atoms with van der Waals surface area (Å²) < 4.78 is 11.0. The van der Waals surface area contributed by atoms with Crippen LogP contribution in [0.25, 0.3) is 0 Å². The van der Waals surface area contributed by atoms with Crippen LogP contribution in [-0.4, -0.2) is 28.8 Å². The molecule has 0 bridgehead atoms. The summed E-state index contributed by atoms with van der Waals surface area (Å²) in [5.41, 5.74) is 4.64. The van der Waals surface area contributed by atoms with Gasteiger partial charge < -0.3 is 14.6 Å². The van der Waals surface area contributed by atoms with E-state index >= 15 is 0 Å². The van der Waals surface area contributed by atoms with Gasteiger partial charge in [-0.15, -0.1) is 0 Å². The normalized spacial score (nSPS) is 11.7. The number of carbonyl (C=O) groups is 1. The first kappa shape index (κ1) is 25.4. The van der Waals surface area contributed by atoms with Crippen molar-refractivity contribution in [2.24, 2.45) is 5.10 Å². The van der Waals surface area contributed by atoms with Crippen molar-refractivity contribution in [2.45, 2.75) is 32.5 Å². The van der Waals surface area contributed by atoms with Crippen LogP contribution in [0.1, 0.15) is 42.6 Å². The third-order valence-electron chi connectivity index (χ3n) is 5.03. The molecule has 1 atom stereocenters. The van der Waals surface area contributed by atoms with Crippen LogP contribution < -0.4 is 14.9 Å². The number of nitrogens with one attached hydrogen (secondary N) is 1. The molecule has 9 heteroatoms. The van der Waals surface area contributed by atoms with E-state index < -0.39 is 11.0 Å². The SMILES string of the molecule is CCOc1ccc([C@H](O)CCC(=O)N/N=C\c2ccc(OCc3cccc([N+](=O)[O-])c3)cc2)cc1. The second kappa shape index (κ2) is 12.9. The van der Waals surface area contributed by atoms with Crippen molar-refractivity contribution in [2.75, 3.05) is 6.61 Å². The molecule has 0 fully saturated rings. The molecule has 0 unspecified atom stereocenters. The minimum absolute atomic E-state index is 0.0189. The summed E-state index contributed by atoms with van der Waals surface area (Å²) in [5.74, 6) is 1.03. The van der Waals surface area contributed by atoms with E-state index in [0.717, 1.165) is 16.9 Å². The number of amides is 1. The van der Waals surface area contributed by atoms with Crippen LogP contribution in [0.3, 0.4) is 0 Å². The van der Waals surface area contributed by atoms with Gasteiger partial charge in [0.1, 0.15) is 18.1 Å². The van der Waals surface area contributed by atoms with Crippen molar-refractivity contribution in [3.63, 3.8) is 0 Å². The van der Waals surface area contributed by atoms with Crippen LogP contribution >= 0.6 is 0 Å². The molecule has 3 rings (SSSR count). The lowest BCUT2D eigenvalue weighted by Crippen LogP contribution is -2.18. The second-order valence-electron chi connectivity index (χ2n) is 7.63. The maximum atomic E-state index is 12.0. The van der Waals surface area contributed by atoms with Gasteiger partial charge in [-0.3, -0.25) is 14.9 Å². The summed E-state index contributed by atoms with van der Waals surface area (Å²) in [6.45, 7) is 2.68. The van der Waals surface area contributed by atoms with E-state index in [1.807, 2.05) is 6.92 Å². The number of hydrogen-bond acceptors (Lipinski definition) is 7. The number of non-ortho nitro benzene ring substituents is 1. The first-order chi connectivity index (χ1) is 16.9. The van der Waals surface area contributed by atoms with E-state index in [4.69, 9.17) is 9.47 Å². The molecule has 0 heterocycles. The number of nitro benzene ring substituents is 1. The van der Waals surface area contributed by atoms with Crippen LogP contribution in [0.5, 0.6) is 11.5 Å². The summed E-state index contributed by atoms with van der Waals surface area (Å²) in [6, 6.07) is 20.4. The number of hydrogen-bond donors (Lipinski definition) is 2. The Morgan fingerprint density at radius 3 is 2.46 bits per heavy atom. The van der Waals surface area contributed by atoms with Gasteiger partial charge in [-0.2, -0.15) is 5.10 Å². The van der Waals surface area contributed by atoms with Crippen LogP contribution in [0, 0.1) is 10.1 Å². The zero-order chi connectivity index (χ0) is 25.0. The largest absolute Gasteiger partial charge is 0.494 e. The van der Waals surface area contributed by atoms with Crippen LogP contribution in [0.15, 0.2) is 77.9 Å². The molecule has 0 aliphatic carbocycles. The first-order valence-corrected chi connectivity index (χ1v) is 11.1. The van der Waals surface area contributed by atoms with Gasteiger partial charge in [0.25, 0.3) is 5.69 Å². The monoisotopic (exact) mass is 477 g/mol. The number of carbonyl (C=O) groups excluding carboxylic acids is 1. The number of nitro groups is 1. The van der Waals surface area contributed by atoms with Gasteiger partial charge in [-0.05, 0) is 66.4 Å². The lowest BCUT2D eigenvalue weighted by atomic mass is 10.0. The highest BCUT2D eigenvalue weighted by atomic mass is 16.6. The Bertz CT molecular complexity index is 1150. The van der Waals surface area contributed by atoms with Crippen molar-refractivity contribution in [3.05, 3.63) is 99.6 Å². The van der Waals surface area contributed by atoms with Crippen LogP contribution in [-0.2, 0) is 11.4 Å². The molecule has 3 aromatic rings. The van der Waals surface area contributed by atoms with E-state index in [9.17, 15) is 20.0 Å².